The van der Waals surface area contributed by atoms with E-state index in [2.05, 4.69) is 11.9 Å². The number of aryl methyl sites for hydroxylation is 1. The summed E-state index contributed by atoms with van der Waals surface area (Å²) in [5, 5.41) is 2.57. The van der Waals surface area contributed by atoms with Crippen molar-refractivity contribution >= 4 is 52.2 Å². The Bertz CT molecular complexity index is 1100. The fourth-order valence-corrected chi connectivity index (χ4v) is 3.99. The summed E-state index contributed by atoms with van der Waals surface area (Å²) in [4.78, 5) is 38.0. The SMILES string of the molecule is C=CCN1C(=O)S/C(=C/c2cc(Cl)c(OCC(=O)Nc3ccc(C)cc3)c(OC)c2)C1=O. The van der Waals surface area contributed by atoms with E-state index in [4.69, 9.17) is 21.1 Å². The van der Waals surface area contributed by atoms with Crippen LogP contribution in [0.25, 0.3) is 6.08 Å². The summed E-state index contributed by atoms with van der Waals surface area (Å²) in [6.45, 7) is 5.38. The van der Waals surface area contributed by atoms with E-state index < -0.39 is 5.91 Å². The molecule has 0 saturated carbocycles. The van der Waals surface area contributed by atoms with Crippen molar-refractivity contribution in [3.05, 3.63) is 70.1 Å². The molecule has 0 unspecified atom stereocenters. The van der Waals surface area contributed by atoms with Crippen molar-refractivity contribution in [2.45, 2.75) is 6.92 Å². The summed E-state index contributed by atoms with van der Waals surface area (Å²) in [5.41, 5.74) is 2.29. The zero-order valence-corrected chi connectivity index (χ0v) is 19.1. The van der Waals surface area contributed by atoms with Crippen LogP contribution < -0.4 is 14.8 Å². The number of rotatable bonds is 8. The Hall–Kier alpha value is -3.23. The average molecular weight is 473 g/mol. The van der Waals surface area contributed by atoms with Gasteiger partial charge in [-0.3, -0.25) is 19.3 Å². The Morgan fingerprint density at radius 1 is 1.25 bits per heavy atom. The number of thioether (sulfide) groups is 1. The molecule has 1 N–H and O–H groups in total. The minimum absolute atomic E-state index is 0.142. The van der Waals surface area contributed by atoms with E-state index in [0.717, 1.165) is 22.2 Å². The first-order chi connectivity index (χ1) is 15.3. The number of imide groups is 1. The molecule has 0 radical (unpaired) electrons. The summed E-state index contributed by atoms with van der Waals surface area (Å²) < 4.78 is 10.9. The van der Waals surface area contributed by atoms with Gasteiger partial charge in [0.1, 0.15) is 0 Å². The van der Waals surface area contributed by atoms with Crippen LogP contribution >= 0.6 is 23.4 Å². The number of hydrogen-bond acceptors (Lipinski definition) is 6. The Labute approximate surface area is 195 Å². The topological polar surface area (TPSA) is 84.9 Å². The number of carbonyl (C=O) groups is 3. The first-order valence-electron chi connectivity index (χ1n) is 9.55. The van der Waals surface area contributed by atoms with Crippen molar-refractivity contribution in [2.75, 3.05) is 25.6 Å². The molecule has 9 heteroatoms. The molecule has 32 heavy (non-hydrogen) atoms. The minimum atomic E-state index is -0.400. The standard InChI is InChI=1S/C23H21ClN2O5S/c1-4-9-26-22(28)19(32-23(26)29)12-15-10-17(24)21(18(11-15)30-3)31-13-20(27)25-16-7-5-14(2)6-8-16/h4-8,10-12H,1,9,13H2,2-3H3,(H,25,27)/b19-12+. The van der Waals surface area contributed by atoms with Gasteiger partial charge < -0.3 is 14.8 Å². The molecule has 0 aromatic heterocycles. The number of halogens is 1. The summed E-state index contributed by atoms with van der Waals surface area (Å²) >= 11 is 7.19. The van der Waals surface area contributed by atoms with E-state index >= 15 is 0 Å². The van der Waals surface area contributed by atoms with Crippen LogP contribution in [0.3, 0.4) is 0 Å². The second-order valence-corrected chi connectivity index (χ2v) is 8.22. The number of hydrogen-bond donors (Lipinski definition) is 1. The third-order valence-electron chi connectivity index (χ3n) is 4.42. The van der Waals surface area contributed by atoms with Crippen LogP contribution in [-0.4, -0.2) is 42.2 Å². The monoisotopic (exact) mass is 472 g/mol. The van der Waals surface area contributed by atoms with E-state index in [9.17, 15) is 14.4 Å². The number of ether oxygens (including phenoxy) is 2. The molecule has 0 bridgehead atoms. The van der Waals surface area contributed by atoms with Crippen LogP contribution in [0.1, 0.15) is 11.1 Å². The summed E-state index contributed by atoms with van der Waals surface area (Å²) in [5.74, 6) is -0.266. The molecule has 0 aliphatic carbocycles. The van der Waals surface area contributed by atoms with E-state index in [1.54, 1.807) is 30.3 Å². The fourth-order valence-electron chi connectivity index (χ4n) is 2.87. The molecule has 1 aliphatic heterocycles. The lowest BCUT2D eigenvalue weighted by Gasteiger charge is -2.13. The predicted molar refractivity (Wildman–Crippen MR) is 126 cm³/mol. The molecule has 1 fully saturated rings. The molecule has 1 saturated heterocycles. The molecule has 1 heterocycles. The van der Waals surface area contributed by atoms with Crippen molar-refractivity contribution in [3.8, 4) is 11.5 Å². The third-order valence-corrected chi connectivity index (χ3v) is 5.61. The molecule has 0 atom stereocenters. The summed E-state index contributed by atoms with van der Waals surface area (Å²) in [6.07, 6.45) is 3.04. The maximum atomic E-state index is 12.4. The van der Waals surface area contributed by atoms with Gasteiger partial charge in [0, 0.05) is 12.2 Å². The first kappa shape index (κ1) is 23.4. The van der Waals surface area contributed by atoms with Crippen LogP contribution in [0.5, 0.6) is 11.5 Å². The number of nitrogens with one attached hydrogen (secondary N) is 1. The van der Waals surface area contributed by atoms with E-state index in [1.807, 2.05) is 19.1 Å². The van der Waals surface area contributed by atoms with Crippen LogP contribution in [0.4, 0.5) is 10.5 Å². The lowest BCUT2D eigenvalue weighted by atomic mass is 10.1. The van der Waals surface area contributed by atoms with Crippen LogP contribution in [0.15, 0.2) is 54.0 Å². The molecule has 1 aliphatic rings. The van der Waals surface area contributed by atoms with Crippen LogP contribution in [0, 0.1) is 6.92 Å². The number of carbonyl (C=O) groups excluding carboxylic acids is 3. The highest BCUT2D eigenvalue weighted by atomic mass is 35.5. The van der Waals surface area contributed by atoms with E-state index in [0.29, 0.717) is 11.3 Å². The highest BCUT2D eigenvalue weighted by Crippen LogP contribution is 2.39. The number of benzene rings is 2. The molecular weight excluding hydrogens is 452 g/mol. The smallest absolute Gasteiger partial charge is 0.293 e. The fraction of sp³-hybridized carbons (Fsp3) is 0.174. The molecule has 0 spiro atoms. The molecule has 166 valence electrons. The molecule has 3 rings (SSSR count). The van der Waals surface area contributed by atoms with Gasteiger partial charge in [0.2, 0.25) is 0 Å². The van der Waals surface area contributed by atoms with Gasteiger partial charge in [-0.05, 0) is 54.6 Å². The summed E-state index contributed by atoms with van der Waals surface area (Å²) in [7, 11) is 1.44. The lowest BCUT2D eigenvalue weighted by molar-refractivity contribution is -0.122. The van der Waals surface area contributed by atoms with Crippen LogP contribution in [-0.2, 0) is 9.59 Å². The highest BCUT2D eigenvalue weighted by molar-refractivity contribution is 8.18. The normalized spacial score (nSPS) is 14.6. The number of amides is 3. The van der Waals surface area contributed by atoms with Gasteiger partial charge in [0.05, 0.1) is 17.0 Å². The zero-order valence-electron chi connectivity index (χ0n) is 17.5. The van der Waals surface area contributed by atoms with E-state index in [-0.39, 0.29) is 45.7 Å². The first-order valence-corrected chi connectivity index (χ1v) is 10.7. The summed E-state index contributed by atoms with van der Waals surface area (Å²) in [6, 6.07) is 10.6. The zero-order chi connectivity index (χ0) is 23.3. The molecule has 2 aromatic rings. The van der Waals surface area contributed by atoms with Gasteiger partial charge in [-0.2, -0.15) is 0 Å². The third kappa shape index (κ3) is 5.52. The Balaban J connectivity index is 1.73. The van der Waals surface area contributed by atoms with Gasteiger partial charge in [0.15, 0.2) is 18.1 Å². The van der Waals surface area contributed by atoms with Crippen molar-refractivity contribution in [1.29, 1.82) is 0 Å². The quantitative estimate of drug-likeness (QED) is 0.434. The molecule has 7 nitrogen and oxygen atoms in total. The highest BCUT2D eigenvalue weighted by Gasteiger charge is 2.34. The Morgan fingerprint density at radius 2 is 1.97 bits per heavy atom. The van der Waals surface area contributed by atoms with Gasteiger partial charge in [0.25, 0.3) is 17.1 Å². The van der Waals surface area contributed by atoms with Crippen molar-refractivity contribution < 1.29 is 23.9 Å². The molecular formula is C23H21ClN2O5S. The number of nitrogens with zero attached hydrogens (tertiary/aromatic N) is 1. The van der Waals surface area contributed by atoms with Crippen LogP contribution in [0.2, 0.25) is 5.02 Å². The van der Waals surface area contributed by atoms with Crippen molar-refractivity contribution in [3.63, 3.8) is 0 Å². The largest absolute Gasteiger partial charge is 0.493 e. The van der Waals surface area contributed by atoms with Gasteiger partial charge >= 0.3 is 0 Å². The Morgan fingerprint density at radius 3 is 2.62 bits per heavy atom. The van der Waals surface area contributed by atoms with Gasteiger partial charge in [-0.1, -0.05) is 35.4 Å². The number of methoxy groups -OCH3 is 1. The average Bonchev–Trinajstić information content (AvgIpc) is 3.02. The molecule has 3 amide bonds. The maximum absolute atomic E-state index is 12.4. The Kier molecular flexibility index (Phi) is 7.61. The minimum Gasteiger partial charge on any atom is -0.493 e. The maximum Gasteiger partial charge on any atom is 0.293 e. The predicted octanol–water partition coefficient (Wildman–Crippen LogP) is 4.90. The van der Waals surface area contributed by atoms with E-state index in [1.165, 1.54) is 13.2 Å². The lowest BCUT2D eigenvalue weighted by Crippen LogP contribution is -2.27. The van der Waals surface area contributed by atoms with Gasteiger partial charge in [-0.15, -0.1) is 6.58 Å². The van der Waals surface area contributed by atoms with Crippen molar-refractivity contribution in [1.82, 2.24) is 4.90 Å². The second-order valence-electron chi connectivity index (χ2n) is 6.82. The molecule has 2 aromatic carbocycles. The van der Waals surface area contributed by atoms with Crippen molar-refractivity contribution in [2.24, 2.45) is 0 Å². The second kappa shape index (κ2) is 10.4. The number of anilines is 1. The van der Waals surface area contributed by atoms with Gasteiger partial charge in [-0.25, -0.2) is 0 Å².